The van der Waals surface area contributed by atoms with E-state index in [-0.39, 0.29) is 11.8 Å². The van der Waals surface area contributed by atoms with Crippen molar-refractivity contribution in [1.29, 1.82) is 0 Å². The van der Waals surface area contributed by atoms with E-state index in [9.17, 15) is 9.59 Å². The molecule has 6 heteroatoms. The molecule has 2 amide bonds. The smallest absolute Gasteiger partial charge is 0.222 e. The van der Waals surface area contributed by atoms with Crippen LogP contribution in [0.3, 0.4) is 0 Å². The van der Waals surface area contributed by atoms with Crippen LogP contribution in [0.4, 0.5) is 0 Å². The lowest BCUT2D eigenvalue weighted by atomic mass is 10.2. The van der Waals surface area contributed by atoms with Crippen LogP contribution < -0.4 is 10.4 Å². The maximum Gasteiger partial charge on any atom is 0.222 e. The molecule has 0 aliphatic carbocycles. The van der Waals surface area contributed by atoms with Gasteiger partial charge in [0.15, 0.2) is 0 Å². The van der Waals surface area contributed by atoms with Crippen molar-refractivity contribution in [3.8, 4) is 0 Å². The van der Waals surface area contributed by atoms with Crippen molar-refractivity contribution in [2.24, 2.45) is 0 Å². The van der Waals surface area contributed by atoms with Gasteiger partial charge in [-0.15, -0.1) is 0 Å². The molecule has 0 bridgehead atoms. The Morgan fingerprint density at radius 2 is 1.80 bits per heavy atom. The summed E-state index contributed by atoms with van der Waals surface area (Å²) >= 11 is 3.96. The third-order valence-electron chi connectivity index (χ3n) is 1.90. The number of hydrogen-bond donors (Lipinski definition) is 3. The van der Waals surface area contributed by atoms with E-state index in [2.05, 4.69) is 32.4 Å². The first-order chi connectivity index (χ1) is 7.20. The highest BCUT2D eigenvalue weighted by Gasteiger charge is 1.99. The fourth-order valence-electron chi connectivity index (χ4n) is 1.08. The van der Waals surface area contributed by atoms with Crippen LogP contribution in [0, 0.1) is 0 Å². The standard InChI is InChI=1S/C9H19N2O2PS/c12-8(5-7-15)10-6-3-1-2-4-9(13)11-14/h15H,1-7,14H2,(H,10,12)(H,11,13). The third-order valence-corrected chi connectivity index (χ3v) is 2.45. The molecule has 0 aromatic heterocycles. The first-order valence-electron chi connectivity index (χ1n) is 5.07. The van der Waals surface area contributed by atoms with Crippen molar-refractivity contribution in [1.82, 2.24) is 10.4 Å². The minimum absolute atomic E-state index is 0.0408. The van der Waals surface area contributed by atoms with Gasteiger partial charge in [-0.2, -0.15) is 12.6 Å². The number of carbonyl (C=O) groups is 2. The van der Waals surface area contributed by atoms with Crippen LogP contribution in [-0.4, -0.2) is 24.1 Å². The Labute approximate surface area is 98.6 Å². The molecule has 1 atom stereocenters. The van der Waals surface area contributed by atoms with Gasteiger partial charge in [0.25, 0.3) is 0 Å². The Balaban J connectivity index is 3.18. The Kier molecular flexibility index (Phi) is 10.1. The molecule has 1 unspecified atom stereocenters. The van der Waals surface area contributed by atoms with E-state index in [1.807, 2.05) is 0 Å². The molecule has 0 aromatic rings. The van der Waals surface area contributed by atoms with Crippen LogP contribution in [0.5, 0.6) is 0 Å². The Morgan fingerprint density at radius 1 is 1.07 bits per heavy atom. The van der Waals surface area contributed by atoms with E-state index in [0.29, 0.717) is 25.1 Å². The molecule has 15 heavy (non-hydrogen) atoms. The van der Waals surface area contributed by atoms with Crippen molar-refractivity contribution in [3.63, 3.8) is 0 Å². The number of thiol groups is 1. The van der Waals surface area contributed by atoms with Crippen LogP contribution in [-0.2, 0) is 9.59 Å². The molecule has 0 fully saturated rings. The van der Waals surface area contributed by atoms with Gasteiger partial charge in [-0.05, 0) is 28.0 Å². The highest BCUT2D eigenvalue weighted by Crippen LogP contribution is 1.99. The second kappa shape index (κ2) is 10.2. The summed E-state index contributed by atoms with van der Waals surface area (Å²) in [5.74, 6) is 0.673. The molecule has 0 rings (SSSR count). The highest BCUT2D eigenvalue weighted by molar-refractivity contribution is 7.80. The summed E-state index contributed by atoms with van der Waals surface area (Å²) in [5.41, 5.74) is 0. The second-order valence-corrected chi connectivity index (χ2v) is 3.94. The van der Waals surface area contributed by atoms with Crippen LogP contribution in [0.15, 0.2) is 0 Å². The Bertz CT molecular complexity index is 203. The first kappa shape index (κ1) is 14.7. The summed E-state index contributed by atoms with van der Waals surface area (Å²) in [6.07, 6.45) is 3.76. The second-order valence-electron chi connectivity index (χ2n) is 3.20. The van der Waals surface area contributed by atoms with Gasteiger partial charge in [-0.25, -0.2) is 0 Å². The highest BCUT2D eigenvalue weighted by atomic mass is 32.1. The van der Waals surface area contributed by atoms with Gasteiger partial charge in [0.05, 0.1) is 0 Å². The summed E-state index contributed by atoms with van der Waals surface area (Å²) in [6.45, 7) is 0.690. The van der Waals surface area contributed by atoms with Crippen molar-refractivity contribution in [2.45, 2.75) is 32.1 Å². The van der Waals surface area contributed by atoms with Crippen LogP contribution in [0.25, 0.3) is 0 Å². The van der Waals surface area contributed by atoms with E-state index >= 15 is 0 Å². The lowest BCUT2D eigenvalue weighted by Gasteiger charge is -2.03. The van der Waals surface area contributed by atoms with E-state index < -0.39 is 0 Å². The molecule has 88 valence electrons. The molecular weight excluding hydrogens is 231 g/mol. The molecule has 0 aromatic carbocycles. The maximum absolute atomic E-state index is 11.0. The van der Waals surface area contributed by atoms with Crippen molar-refractivity contribution in [3.05, 3.63) is 0 Å². The van der Waals surface area contributed by atoms with Crippen molar-refractivity contribution >= 4 is 33.8 Å². The van der Waals surface area contributed by atoms with Gasteiger partial charge in [0, 0.05) is 19.4 Å². The molecule has 0 saturated carbocycles. The SMILES string of the molecule is O=C(CCCCCNC(=O)CCS)NP. The number of unbranched alkanes of at least 4 members (excludes halogenated alkanes) is 2. The predicted octanol–water partition coefficient (Wildman–Crippen LogP) is 0.889. The maximum atomic E-state index is 11.0. The van der Waals surface area contributed by atoms with Crippen LogP contribution in [0.1, 0.15) is 32.1 Å². The summed E-state index contributed by atoms with van der Waals surface area (Å²) in [4.78, 5) is 21.8. The van der Waals surface area contributed by atoms with E-state index in [1.54, 1.807) is 0 Å². The van der Waals surface area contributed by atoms with Gasteiger partial charge in [-0.1, -0.05) is 6.42 Å². The van der Waals surface area contributed by atoms with Crippen LogP contribution in [0.2, 0.25) is 0 Å². The van der Waals surface area contributed by atoms with Gasteiger partial charge < -0.3 is 10.4 Å². The fourth-order valence-corrected chi connectivity index (χ4v) is 1.42. The third kappa shape index (κ3) is 10.0. The summed E-state index contributed by atoms with van der Waals surface area (Å²) < 4.78 is 0. The zero-order chi connectivity index (χ0) is 11.5. The zero-order valence-corrected chi connectivity index (χ0v) is 10.8. The Hall–Kier alpha value is -0.280. The first-order valence-corrected chi connectivity index (χ1v) is 6.28. The molecule has 0 aliphatic rings. The topological polar surface area (TPSA) is 58.2 Å². The summed E-state index contributed by atoms with van der Waals surface area (Å²) in [6, 6.07) is 0. The summed E-state index contributed by atoms with van der Waals surface area (Å²) in [7, 11) is 2.19. The van der Waals surface area contributed by atoms with E-state index in [4.69, 9.17) is 0 Å². The minimum Gasteiger partial charge on any atom is -0.356 e. The van der Waals surface area contributed by atoms with Crippen molar-refractivity contribution < 1.29 is 9.59 Å². The quantitative estimate of drug-likeness (QED) is 0.340. The summed E-state index contributed by atoms with van der Waals surface area (Å²) in [5, 5.41) is 5.28. The van der Waals surface area contributed by atoms with Crippen LogP contribution >= 0.6 is 22.0 Å². The monoisotopic (exact) mass is 250 g/mol. The number of amides is 2. The largest absolute Gasteiger partial charge is 0.356 e. The molecule has 0 saturated heterocycles. The van der Waals surface area contributed by atoms with Gasteiger partial charge in [0.1, 0.15) is 0 Å². The normalized spacial score (nSPS) is 9.73. The van der Waals surface area contributed by atoms with E-state index in [0.717, 1.165) is 19.3 Å². The molecule has 4 nitrogen and oxygen atoms in total. The number of nitrogens with one attached hydrogen (secondary N) is 2. The zero-order valence-electron chi connectivity index (χ0n) is 8.79. The number of hydrogen-bond acceptors (Lipinski definition) is 3. The molecule has 0 radical (unpaired) electrons. The average Bonchev–Trinajstić information content (AvgIpc) is 2.23. The van der Waals surface area contributed by atoms with Gasteiger partial charge >= 0.3 is 0 Å². The van der Waals surface area contributed by atoms with Gasteiger partial charge in [0.2, 0.25) is 11.8 Å². The van der Waals surface area contributed by atoms with Gasteiger partial charge in [-0.3, -0.25) is 9.59 Å². The molecular formula is C9H19N2O2PS. The number of carbonyl (C=O) groups excluding carboxylic acids is 2. The molecule has 2 N–H and O–H groups in total. The molecule has 0 heterocycles. The fraction of sp³-hybridized carbons (Fsp3) is 0.778. The van der Waals surface area contributed by atoms with E-state index in [1.165, 1.54) is 0 Å². The predicted molar refractivity (Wildman–Crippen MR) is 67.8 cm³/mol. The lowest BCUT2D eigenvalue weighted by Crippen LogP contribution is -2.24. The number of rotatable bonds is 8. The molecule has 0 spiro atoms. The Morgan fingerprint density at radius 3 is 2.40 bits per heavy atom. The average molecular weight is 250 g/mol. The van der Waals surface area contributed by atoms with Crippen molar-refractivity contribution in [2.75, 3.05) is 12.3 Å². The molecule has 0 aliphatic heterocycles. The lowest BCUT2D eigenvalue weighted by molar-refractivity contribution is -0.121. The minimum atomic E-state index is 0.0408.